The number of rotatable bonds is 2. The SMILES string of the molecule is N=C(N)c1ccc(Br)cc1-n1cncn1. The van der Waals surface area contributed by atoms with Crippen molar-refractivity contribution in [1.29, 1.82) is 5.41 Å². The Hall–Kier alpha value is -1.69. The van der Waals surface area contributed by atoms with E-state index in [4.69, 9.17) is 11.1 Å². The monoisotopic (exact) mass is 265 g/mol. The molecule has 2 aromatic rings. The first kappa shape index (κ1) is 9.85. The Bertz CT molecular complexity index is 491. The summed E-state index contributed by atoms with van der Waals surface area (Å²) < 4.78 is 2.47. The molecule has 0 aliphatic rings. The average molecular weight is 266 g/mol. The maximum Gasteiger partial charge on any atom is 0.138 e. The second kappa shape index (κ2) is 3.82. The minimum Gasteiger partial charge on any atom is -0.384 e. The largest absolute Gasteiger partial charge is 0.384 e. The molecule has 5 nitrogen and oxygen atoms in total. The number of nitrogens with one attached hydrogen (secondary N) is 1. The van der Waals surface area contributed by atoms with Crippen LogP contribution in [0.25, 0.3) is 5.69 Å². The Labute approximate surface area is 94.6 Å². The van der Waals surface area contributed by atoms with Crippen LogP contribution in [-0.4, -0.2) is 20.6 Å². The zero-order valence-electron chi connectivity index (χ0n) is 7.68. The fraction of sp³-hybridized carbons (Fsp3) is 0. The molecule has 0 fully saturated rings. The number of nitrogen functional groups attached to an aromatic ring is 1. The van der Waals surface area contributed by atoms with Crippen molar-refractivity contribution in [2.45, 2.75) is 0 Å². The molecule has 0 radical (unpaired) electrons. The van der Waals surface area contributed by atoms with Crippen molar-refractivity contribution in [3.05, 3.63) is 40.9 Å². The lowest BCUT2D eigenvalue weighted by Gasteiger charge is -2.07. The molecule has 0 saturated carbocycles. The van der Waals surface area contributed by atoms with Crippen molar-refractivity contribution < 1.29 is 0 Å². The van der Waals surface area contributed by atoms with Gasteiger partial charge >= 0.3 is 0 Å². The minimum absolute atomic E-state index is 0.00741. The van der Waals surface area contributed by atoms with Gasteiger partial charge in [0.15, 0.2) is 0 Å². The highest BCUT2D eigenvalue weighted by atomic mass is 79.9. The molecule has 0 aliphatic heterocycles. The van der Waals surface area contributed by atoms with Crippen LogP contribution < -0.4 is 5.73 Å². The van der Waals surface area contributed by atoms with E-state index in [1.807, 2.05) is 12.1 Å². The van der Waals surface area contributed by atoms with E-state index in [9.17, 15) is 0 Å². The molecular formula is C9H8BrN5. The molecule has 0 saturated heterocycles. The van der Waals surface area contributed by atoms with Gasteiger partial charge in [-0.3, -0.25) is 5.41 Å². The van der Waals surface area contributed by atoms with Gasteiger partial charge in [-0.15, -0.1) is 0 Å². The standard InChI is InChI=1S/C9H8BrN5/c10-6-1-2-7(9(11)12)8(3-6)15-5-13-4-14-15/h1-5H,(H3,11,12). The Kier molecular flexibility index (Phi) is 2.51. The molecule has 1 heterocycles. The first-order chi connectivity index (χ1) is 7.18. The lowest BCUT2D eigenvalue weighted by Crippen LogP contribution is -2.14. The molecule has 1 aromatic carbocycles. The fourth-order valence-corrected chi connectivity index (χ4v) is 1.60. The predicted molar refractivity (Wildman–Crippen MR) is 60.1 cm³/mol. The van der Waals surface area contributed by atoms with E-state index in [0.717, 1.165) is 10.2 Å². The number of hydrogen-bond donors (Lipinski definition) is 2. The normalized spacial score (nSPS) is 10.2. The molecule has 1 aromatic heterocycles. The van der Waals surface area contributed by atoms with E-state index in [2.05, 4.69) is 26.0 Å². The summed E-state index contributed by atoms with van der Waals surface area (Å²) in [6, 6.07) is 5.44. The molecule has 3 N–H and O–H groups in total. The van der Waals surface area contributed by atoms with Gasteiger partial charge in [-0.05, 0) is 18.2 Å². The molecule has 0 aliphatic carbocycles. The number of hydrogen-bond acceptors (Lipinski definition) is 3. The lowest BCUT2D eigenvalue weighted by atomic mass is 10.1. The van der Waals surface area contributed by atoms with Crippen LogP contribution in [0.5, 0.6) is 0 Å². The van der Waals surface area contributed by atoms with Crippen molar-refractivity contribution in [3.63, 3.8) is 0 Å². The summed E-state index contributed by atoms with van der Waals surface area (Å²) in [5, 5.41) is 11.5. The van der Waals surface area contributed by atoms with Crippen LogP contribution in [-0.2, 0) is 0 Å². The molecule has 0 atom stereocenters. The third-order valence-electron chi connectivity index (χ3n) is 1.92. The fourth-order valence-electron chi connectivity index (χ4n) is 1.25. The molecule has 0 spiro atoms. The Balaban J connectivity index is 2.63. The highest BCUT2D eigenvalue weighted by Gasteiger charge is 2.08. The molecule has 6 heteroatoms. The smallest absolute Gasteiger partial charge is 0.138 e. The van der Waals surface area contributed by atoms with Crippen LogP contribution in [0, 0.1) is 5.41 Å². The average Bonchev–Trinajstić information content (AvgIpc) is 2.69. The first-order valence-electron chi connectivity index (χ1n) is 4.17. The zero-order valence-corrected chi connectivity index (χ0v) is 9.27. The quantitative estimate of drug-likeness (QED) is 0.635. The summed E-state index contributed by atoms with van der Waals surface area (Å²) in [4.78, 5) is 3.85. The second-order valence-corrected chi connectivity index (χ2v) is 3.83. The highest BCUT2D eigenvalue weighted by molar-refractivity contribution is 9.10. The number of amidine groups is 1. The minimum atomic E-state index is 0.00741. The van der Waals surface area contributed by atoms with Gasteiger partial charge in [0.05, 0.1) is 5.69 Å². The zero-order chi connectivity index (χ0) is 10.8. The first-order valence-corrected chi connectivity index (χ1v) is 4.97. The highest BCUT2D eigenvalue weighted by Crippen LogP contribution is 2.19. The predicted octanol–water partition coefficient (Wildman–Crippen LogP) is 1.31. The maximum atomic E-state index is 7.45. The summed E-state index contributed by atoms with van der Waals surface area (Å²) in [5.41, 5.74) is 6.84. The van der Waals surface area contributed by atoms with Crippen LogP contribution in [0.1, 0.15) is 5.56 Å². The van der Waals surface area contributed by atoms with Gasteiger partial charge in [0.25, 0.3) is 0 Å². The van der Waals surface area contributed by atoms with Gasteiger partial charge in [0.1, 0.15) is 18.5 Å². The van der Waals surface area contributed by atoms with Crippen LogP contribution in [0.2, 0.25) is 0 Å². The molecule has 0 bridgehead atoms. The molecule has 15 heavy (non-hydrogen) atoms. The third kappa shape index (κ3) is 1.89. The van der Waals surface area contributed by atoms with Crippen LogP contribution in [0.15, 0.2) is 35.3 Å². The summed E-state index contributed by atoms with van der Waals surface area (Å²) in [5.74, 6) is 0.00741. The van der Waals surface area contributed by atoms with Gasteiger partial charge in [-0.25, -0.2) is 9.67 Å². The van der Waals surface area contributed by atoms with Crippen molar-refractivity contribution in [2.75, 3.05) is 0 Å². The molecule has 0 unspecified atom stereocenters. The number of aromatic nitrogens is 3. The van der Waals surface area contributed by atoms with Crippen molar-refractivity contribution in [3.8, 4) is 5.69 Å². The number of nitrogens with zero attached hydrogens (tertiary/aromatic N) is 3. The van der Waals surface area contributed by atoms with Crippen molar-refractivity contribution in [1.82, 2.24) is 14.8 Å². The summed E-state index contributed by atoms with van der Waals surface area (Å²) >= 11 is 3.36. The Morgan fingerprint density at radius 2 is 2.27 bits per heavy atom. The Morgan fingerprint density at radius 1 is 1.47 bits per heavy atom. The lowest BCUT2D eigenvalue weighted by molar-refractivity contribution is 0.875. The molecular weight excluding hydrogens is 258 g/mol. The van der Waals surface area contributed by atoms with Gasteiger partial charge in [-0.2, -0.15) is 5.10 Å². The molecule has 2 rings (SSSR count). The van der Waals surface area contributed by atoms with Gasteiger partial charge < -0.3 is 5.73 Å². The van der Waals surface area contributed by atoms with Gasteiger partial charge in [-0.1, -0.05) is 15.9 Å². The van der Waals surface area contributed by atoms with Crippen LogP contribution in [0.3, 0.4) is 0 Å². The summed E-state index contributed by atoms with van der Waals surface area (Å²) in [6.45, 7) is 0. The summed E-state index contributed by atoms with van der Waals surface area (Å²) in [7, 11) is 0. The topological polar surface area (TPSA) is 80.6 Å². The van der Waals surface area contributed by atoms with E-state index in [-0.39, 0.29) is 5.84 Å². The van der Waals surface area contributed by atoms with E-state index >= 15 is 0 Å². The van der Waals surface area contributed by atoms with Crippen molar-refractivity contribution in [2.24, 2.45) is 5.73 Å². The van der Waals surface area contributed by atoms with E-state index < -0.39 is 0 Å². The van der Waals surface area contributed by atoms with Crippen molar-refractivity contribution >= 4 is 21.8 Å². The second-order valence-electron chi connectivity index (χ2n) is 2.92. The van der Waals surface area contributed by atoms with E-state index in [0.29, 0.717) is 5.56 Å². The van der Waals surface area contributed by atoms with Crippen LogP contribution >= 0.6 is 15.9 Å². The third-order valence-corrected chi connectivity index (χ3v) is 2.41. The summed E-state index contributed by atoms with van der Waals surface area (Å²) in [6.07, 6.45) is 3.00. The Morgan fingerprint density at radius 3 is 2.87 bits per heavy atom. The van der Waals surface area contributed by atoms with E-state index in [1.54, 1.807) is 17.1 Å². The number of halogens is 1. The van der Waals surface area contributed by atoms with Gasteiger partial charge in [0, 0.05) is 10.0 Å². The van der Waals surface area contributed by atoms with Gasteiger partial charge in [0.2, 0.25) is 0 Å². The number of nitrogens with two attached hydrogens (primary N) is 1. The van der Waals surface area contributed by atoms with Crippen LogP contribution in [0.4, 0.5) is 0 Å². The van der Waals surface area contributed by atoms with E-state index in [1.165, 1.54) is 6.33 Å². The maximum absolute atomic E-state index is 7.45. The number of benzene rings is 1. The molecule has 0 amide bonds. The molecule has 76 valence electrons.